The average molecular weight is 381 g/mol. The number of benzene rings is 1. The Morgan fingerprint density at radius 1 is 1.13 bits per heavy atom. The number of hydrogen-bond donors (Lipinski definition) is 3. The second-order valence-electron chi connectivity index (χ2n) is 5.81. The van der Waals surface area contributed by atoms with E-state index in [1.807, 2.05) is 32.9 Å². The molecule has 1 heterocycles. The lowest BCUT2D eigenvalue weighted by atomic mass is 10.1. The second kappa shape index (κ2) is 6.88. The number of rotatable bonds is 5. The van der Waals surface area contributed by atoms with Gasteiger partial charge >= 0.3 is 5.69 Å². The summed E-state index contributed by atoms with van der Waals surface area (Å²) in [6, 6.07) is 7.23. The Balaban J connectivity index is 2.32. The highest BCUT2D eigenvalue weighted by Crippen LogP contribution is 2.31. The molecular weight excluding hydrogens is 364 g/mol. The molecule has 0 spiro atoms. The maximum atomic E-state index is 11.4. The molecule has 1 aromatic heterocycles. The van der Waals surface area contributed by atoms with Gasteiger partial charge in [0.25, 0.3) is 0 Å². The van der Waals surface area contributed by atoms with E-state index in [4.69, 9.17) is 0 Å². The van der Waals surface area contributed by atoms with Crippen LogP contribution in [0.2, 0.25) is 0 Å². The summed E-state index contributed by atoms with van der Waals surface area (Å²) in [7, 11) is 0. The molecule has 3 N–H and O–H groups in total. The summed E-state index contributed by atoms with van der Waals surface area (Å²) in [5, 5.41) is 14.4. The summed E-state index contributed by atoms with van der Waals surface area (Å²) in [6.07, 6.45) is 1.26. The molecule has 23 heavy (non-hydrogen) atoms. The number of nitrogens with zero attached hydrogens (tertiary/aromatic N) is 3. The predicted molar refractivity (Wildman–Crippen MR) is 92.6 cm³/mol. The molecular formula is C14H17BrN6O2. The number of aromatic nitrogens is 2. The van der Waals surface area contributed by atoms with E-state index < -0.39 is 4.92 Å². The van der Waals surface area contributed by atoms with Crippen molar-refractivity contribution in [3.63, 3.8) is 0 Å². The van der Waals surface area contributed by atoms with Crippen LogP contribution in [-0.4, -0.2) is 20.4 Å². The van der Waals surface area contributed by atoms with Crippen molar-refractivity contribution in [3.8, 4) is 0 Å². The first-order chi connectivity index (χ1) is 10.8. The summed E-state index contributed by atoms with van der Waals surface area (Å²) < 4.78 is 0.914. The molecule has 0 atom stereocenters. The Hall–Kier alpha value is -2.26. The molecule has 9 heteroatoms. The van der Waals surface area contributed by atoms with E-state index in [-0.39, 0.29) is 22.9 Å². The van der Waals surface area contributed by atoms with Gasteiger partial charge in [0, 0.05) is 15.7 Å². The Bertz CT molecular complexity index is 699. The van der Waals surface area contributed by atoms with Crippen LogP contribution < -0.4 is 16.2 Å². The number of nitro groups is 1. The first kappa shape index (κ1) is 17.1. The molecule has 122 valence electrons. The molecule has 0 saturated carbocycles. The van der Waals surface area contributed by atoms with Crippen LogP contribution in [0.1, 0.15) is 20.8 Å². The van der Waals surface area contributed by atoms with Crippen molar-refractivity contribution in [2.75, 3.05) is 10.7 Å². The average Bonchev–Trinajstić information content (AvgIpc) is 2.46. The van der Waals surface area contributed by atoms with E-state index in [0.717, 1.165) is 4.47 Å². The van der Waals surface area contributed by atoms with E-state index >= 15 is 0 Å². The van der Waals surface area contributed by atoms with Gasteiger partial charge in [-0.3, -0.25) is 15.5 Å². The highest BCUT2D eigenvalue weighted by atomic mass is 79.9. The standard InChI is InChI=1S/C14H17BrN6O2/c1-14(2,3)20-19-13-11(21(22)23)12(16-8-17-13)18-10-6-4-9(15)5-7-10/h4-8,20H,1-3H3,(H2,16,17,18,19). The molecule has 0 radical (unpaired) electrons. The summed E-state index contributed by atoms with van der Waals surface area (Å²) >= 11 is 3.34. The van der Waals surface area contributed by atoms with Crippen LogP contribution in [0.3, 0.4) is 0 Å². The SMILES string of the molecule is CC(C)(C)NNc1ncnc(Nc2ccc(Br)cc2)c1[N+](=O)[O-]. The van der Waals surface area contributed by atoms with Gasteiger partial charge < -0.3 is 5.32 Å². The third-order valence-corrected chi connectivity index (χ3v) is 3.20. The lowest BCUT2D eigenvalue weighted by Gasteiger charge is -2.21. The normalized spacial score (nSPS) is 11.1. The van der Waals surface area contributed by atoms with Gasteiger partial charge in [-0.05, 0) is 45.0 Å². The minimum absolute atomic E-state index is 0.0968. The van der Waals surface area contributed by atoms with Crippen LogP contribution in [0.4, 0.5) is 23.0 Å². The zero-order chi connectivity index (χ0) is 17.0. The van der Waals surface area contributed by atoms with Gasteiger partial charge in [0.2, 0.25) is 11.6 Å². The monoisotopic (exact) mass is 380 g/mol. The minimum atomic E-state index is -0.520. The van der Waals surface area contributed by atoms with Crippen LogP contribution in [0.5, 0.6) is 0 Å². The van der Waals surface area contributed by atoms with Crippen molar-refractivity contribution in [2.45, 2.75) is 26.3 Å². The van der Waals surface area contributed by atoms with Crippen LogP contribution in [0, 0.1) is 10.1 Å². The topological polar surface area (TPSA) is 105 Å². The van der Waals surface area contributed by atoms with Crippen LogP contribution in [0.15, 0.2) is 35.1 Å². The molecule has 8 nitrogen and oxygen atoms in total. The van der Waals surface area contributed by atoms with Gasteiger partial charge in [0.15, 0.2) is 0 Å². The zero-order valence-corrected chi connectivity index (χ0v) is 14.5. The largest absolute Gasteiger partial charge is 0.354 e. The highest BCUT2D eigenvalue weighted by Gasteiger charge is 2.24. The Morgan fingerprint density at radius 2 is 1.74 bits per heavy atom. The molecule has 1 aromatic carbocycles. The molecule has 0 amide bonds. The number of nitrogens with one attached hydrogen (secondary N) is 3. The molecule has 0 unspecified atom stereocenters. The van der Waals surface area contributed by atoms with Gasteiger partial charge in [0.1, 0.15) is 6.33 Å². The fraction of sp³-hybridized carbons (Fsp3) is 0.286. The first-order valence-corrected chi connectivity index (χ1v) is 7.61. The molecule has 0 aliphatic carbocycles. The van der Waals surface area contributed by atoms with Gasteiger partial charge in [-0.25, -0.2) is 15.4 Å². The summed E-state index contributed by atoms with van der Waals surface area (Å²) in [5.41, 5.74) is 5.91. The summed E-state index contributed by atoms with van der Waals surface area (Å²) in [4.78, 5) is 18.8. The number of hydrogen-bond acceptors (Lipinski definition) is 7. The second-order valence-corrected chi connectivity index (χ2v) is 6.72. The molecule has 0 bridgehead atoms. The lowest BCUT2D eigenvalue weighted by Crippen LogP contribution is -2.40. The number of halogens is 1. The molecule has 0 aliphatic heterocycles. The fourth-order valence-corrected chi connectivity index (χ4v) is 1.92. The van der Waals surface area contributed by atoms with Gasteiger partial charge in [0.05, 0.1) is 4.92 Å². The van der Waals surface area contributed by atoms with E-state index in [2.05, 4.69) is 42.1 Å². The Kier molecular flexibility index (Phi) is 5.12. The Morgan fingerprint density at radius 3 is 2.30 bits per heavy atom. The van der Waals surface area contributed by atoms with E-state index in [9.17, 15) is 10.1 Å². The molecule has 2 aromatic rings. The number of hydrazine groups is 1. The molecule has 0 fully saturated rings. The van der Waals surface area contributed by atoms with Gasteiger partial charge in [-0.1, -0.05) is 15.9 Å². The smallest absolute Gasteiger partial charge is 0.334 e. The minimum Gasteiger partial charge on any atom is -0.334 e. The van der Waals surface area contributed by atoms with E-state index in [1.54, 1.807) is 12.1 Å². The van der Waals surface area contributed by atoms with Crippen molar-refractivity contribution >= 4 is 38.9 Å². The zero-order valence-electron chi connectivity index (χ0n) is 12.9. The molecule has 0 saturated heterocycles. The highest BCUT2D eigenvalue weighted by molar-refractivity contribution is 9.10. The van der Waals surface area contributed by atoms with Crippen molar-refractivity contribution < 1.29 is 4.92 Å². The number of anilines is 3. The maximum absolute atomic E-state index is 11.4. The first-order valence-electron chi connectivity index (χ1n) is 6.81. The molecule has 0 aliphatic rings. The van der Waals surface area contributed by atoms with E-state index in [0.29, 0.717) is 5.69 Å². The Labute approximate surface area is 142 Å². The van der Waals surface area contributed by atoms with Crippen LogP contribution in [-0.2, 0) is 0 Å². The maximum Gasteiger partial charge on any atom is 0.354 e. The van der Waals surface area contributed by atoms with Crippen molar-refractivity contribution in [1.82, 2.24) is 15.4 Å². The summed E-state index contributed by atoms with van der Waals surface area (Å²) in [6.45, 7) is 5.77. The lowest BCUT2D eigenvalue weighted by molar-refractivity contribution is -0.383. The van der Waals surface area contributed by atoms with Crippen molar-refractivity contribution in [2.24, 2.45) is 0 Å². The summed E-state index contributed by atoms with van der Waals surface area (Å²) in [5.74, 6) is 0.213. The predicted octanol–water partition coefficient (Wildman–Crippen LogP) is 3.61. The van der Waals surface area contributed by atoms with Gasteiger partial charge in [-0.15, -0.1) is 0 Å². The van der Waals surface area contributed by atoms with Crippen LogP contribution in [0.25, 0.3) is 0 Å². The third-order valence-electron chi connectivity index (χ3n) is 2.67. The van der Waals surface area contributed by atoms with Crippen molar-refractivity contribution in [3.05, 3.63) is 45.2 Å². The van der Waals surface area contributed by atoms with Crippen molar-refractivity contribution in [1.29, 1.82) is 0 Å². The van der Waals surface area contributed by atoms with E-state index in [1.165, 1.54) is 6.33 Å². The fourth-order valence-electron chi connectivity index (χ4n) is 1.65. The molecule has 2 rings (SSSR count). The van der Waals surface area contributed by atoms with Crippen LogP contribution >= 0.6 is 15.9 Å². The third kappa shape index (κ3) is 4.86. The quantitative estimate of drug-likeness (QED) is 0.537. The van der Waals surface area contributed by atoms with Gasteiger partial charge in [-0.2, -0.15) is 0 Å².